The molecule has 0 atom stereocenters. The first-order chi connectivity index (χ1) is 14.2. The van der Waals surface area contributed by atoms with Crippen LogP contribution in [0, 0.1) is 0 Å². The summed E-state index contributed by atoms with van der Waals surface area (Å²) in [6.07, 6.45) is 1.00. The van der Waals surface area contributed by atoms with Gasteiger partial charge in [0.25, 0.3) is 0 Å². The number of halogens is 2. The lowest BCUT2D eigenvalue weighted by atomic mass is 10.2. The van der Waals surface area contributed by atoms with E-state index in [0.717, 1.165) is 10.6 Å². The number of hydrogen-bond donors (Lipinski definition) is 1. The highest BCUT2D eigenvalue weighted by atomic mass is 35.5. The molecule has 156 valence electrons. The summed E-state index contributed by atoms with van der Waals surface area (Å²) in [6, 6.07) is 20.3. The van der Waals surface area contributed by atoms with Crippen LogP contribution in [0.1, 0.15) is 0 Å². The van der Waals surface area contributed by atoms with Crippen molar-refractivity contribution in [2.75, 3.05) is 22.4 Å². The maximum absolute atomic E-state index is 12.7. The van der Waals surface area contributed by atoms with E-state index >= 15 is 0 Å². The molecule has 9 heteroatoms. The van der Waals surface area contributed by atoms with Gasteiger partial charge in [-0.05, 0) is 42.5 Å². The van der Waals surface area contributed by atoms with Gasteiger partial charge in [-0.3, -0.25) is 9.10 Å². The lowest BCUT2D eigenvalue weighted by molar-refractivity contribution is -0.114. The Morgan fingerprint density at radius 1 is 0.967 bits per heavy atom. The maximum Gasteiger partial charge on any atom is 0.245 e. The van der Waals surface area contributed by atoms with Crippen molar-refractivity contribution in [2.45, 2.75) is 0 Å². The molecule has 0 fully saturated rings. The van der Waals surface area contributed by atoms with Crippen LogP contribution in [0.5, 0.6) is 11.5 Å². The number of carbonyl (C=O) groups excluding carboxylic acids is 1. The monoisotopic (exact) mass is 464 g/mol. The summed E-state index contributed by atoms with van der Waals surface area (Å²) < 4.78 is 31.3. The zero-order valence-corrected chi connectivity index (χ0v) is 18.2. The number of ether oxygens (including phenoxy) is 1. The van der Waals surface area contributed by atoms with Gasteiger partial charge in [0, 0.05) is 10.0 Å². The number of amides is 1. The largest absolute Gasteiger partial charge is 0.455 e. The van der Waals surface area contributed by atoms with Gasteiger partial charge in [0.2, 0.25) is 15.9 Å². The van der Waals surface area contributed by atoms with Gasteiger partial charge >= 0.3 is 0 Å². The highest BCUT2D eigenvalue weighted by molar-refractivity contribution is 7.92. The predicted octanol–water partition coefficient (Wildman–Crippen LogP) is 5.19. The van der Waals surface area contributed by atoms with Gasteiger partial charge in [0.15, 0.2) is 5.75 Å². The average Bonchev–Trinajstić information content (AvgIpc) is 2.67. The van der Waals surface area contributed by atoms with Gasteiger partial charge in [0.1, 0.15) is 12.3 Å². The standard InChI is InChI=1S/C21H18Cl2N2O4S/c1-30(27,28)25(17-12-15(22)11-16(23)13-17)14-21(26)24-19-9-5-6-10-20(19)29-18-7-3-2-4-8-18/h2-13H,14H2,1H3,(H,24,26). The molecule has 0 saturated heterocycles. The van der Waals surface area contributed by atoms with E-state index in [4.69, 9.17) is 27.9 Å². The number of anilines is 2. The number of sulfonamides is 1. The molecule has 3 aromatic carbocycles. The molecule has 1 amide bonds. The van der Waals surface area contributed by atoms with Crippen molar-refractivity contribution in [3.8, 4) is 11.5 Å². The molecule has 0 aromatic heterocycles. The van der Waals surface area contributed by atoms with E-state index in [1.165, 1.54) is 18.2 Å². The van der Waals surface area contributed by atoms with E-state index in [-0.39, 0.29) is 15.7 Å². The summed E-state index contributed by atoms with van der Waals surface area (Å²) in [5, 5.41) is 3.21. The number of nitrogens with one attached hydrogen (secondary N) is 1. The third-order valence-corrected chi connectivity index (χ3v) is 5.53. The summed E-state index contributed by atoms with van der Waals surface area (Å²) in [5.41, 5.74) is 0.600. The molecule has 0 heterocycles. The van der Waals surface area contributed by atoms with Crippen molar-refractivity contribution in [3.63, 3.8) is 0 Å². The maximum atomic E-state index is 12.7. The van der Waals surface area contributed by atoms with Gasteiger partial charge < -0.3 is 10.1 Å². The van der Waals surface area contributed by atoms with Crippen molar-refractivity contribution in [3.05, 3.63) is 82.8 Å². The topological polar surface area (TPSA) is 75.7 Å². The Bertz CT molecular complexity index is 1130. The third-order valence-electron chi connectivity index (χ3n) is 3.96. The van der Waals surface area contributed by atoms with E-state index in [9.17, 15) is 13.2 Å². The van der Waals surface area contributed by atoms with Gasteiger partial charge in [-0.25, -0.2) is 8.42 Å². The number of benzene rings is 3. The minimum absolute atomic E-state index is 0.193. The minimum atomic E-state index is -3.77. The number of carbonyl (C=O) groups is 1. The van der Waals surface area contributed by atoms with Crippen LogP contribution in [0.15, 0.2) is 72.8 Å². The normalized spacial score (nSPS) is 11.0. The molecule has 0 aliphatic heterocycles. The summed E-state index contributed by atoms with van der Waals surface area (Å²) in [7, 11) is -3.77. The number of nitrogens with zero attached hydrogens (tertiary/aromatic N) is 1. The fourth-order valence-corrected chi connectivity index (χ4v) is 4.03. The van der Waals surface area contributed by atoms with Crippen molar-refractivity contribution in [2.24, 2.45) is 0 Å². The van der Waals surface area contributed by atoms with Crippen LogP contribution in [0.3, 0.4) is 0 Å². The summed E-state index contributed by atoms with van der Waals surface area (Å²) in [5.74, 6) is 0.472. The van der Waals surface area contributed by atoms with Gasteiger partial charge in [0.05, 0.1) is 17.6 Å². The number of para-hydroxylation sites is 3. The first kappa shape index (κ1) is 22.0. The molecule has 3 aromatic rings. The van der Waals surface area contributed by atoms with Crippen molar-refractivity contribution in [1.29, 1.82) is 0 Å². The van der Waals surface area contributed by atoms with Crippen LogP contribution in [0.2, 0.25) is 10.0 Å². The Morgan fingerprint density at radius 2 is 1.57 bits per heavy atom. The SMILES string of the molecule is CS(=O)(=O)N(CC(=O)Nc1ccccc1Oc1ccccc1)c1cc(Cl)cc(Cl)c1. The lowest BCUT2D eigenvalue weighted by Gasteiger charge is -2.22. The Balaban J connectivity index is 1.81. The molecule has 0 saturated carbocycles. The highest BCUT2D eigenvalue weighted by Crippen LogP contribution is 2.30. The van der Waals surface area contributed by atoms with Crippen LogP contribution < -0.4 is 14.4 Å². The summed E-state index contributed by atoms with van der Waals surface area (Å²) in [6.45, 7) is -0.463. The van der Waals surface area contributed by atoms with Crippen molar-refractivity contribution >= 4 is 50.5 Å². The van der Waals surface area contributed by atoms with Crippen LogP contribution >= 0.6 is 23.2 Å². The first-order valence-corrected chi connectivity index (χ1v) is 11.4. The second-order valence-corrected chi connectivity index (χ2v) is 9.14. The zero-order valence-electron chi connectivity index (χ0n) is 15.9. The molecule has 3 rings (SSSR count). The van der Waals surface area contributed by atoms with E-state index in [0.29, 0.717) is 17.2 Å². The molecule has 0 bridgehead atoms. The summed E-state index contributed by atoms with van der Waals surface area (Å²) in [4.78, 5) is 12.7. The van der Waals surface area contributed by atoms with Gasteiger partial charge in [-0.1, -0.05) is 53.5 Å². The smallest absolute Gasteiger partial charge is 0.245 e. The molecule has 30 heavy (non-hydrogen) atoms. The quantitative estimate of drug-likeness (QED) is 0.521. The molecule has 0 aliphatic rings. The van der Waals surface area contributed by atoms with E-state index < -0.39 is 22.5 Å². The molecular weight excluding hydrogens is 447 g/mol. The van der Waals surface area contributed by atoms with E-state index in [2.05, 4.69) is 5.32 Å². The molecular formula is C21H18Cl2N2O4S. The van der Waals surface area contributed by atoms with E-state index in [1.54, 1.807) is 36.4 Å². The predicted molar refractivity (Wildman–Crippen MR) is 120 cm³/mol. The molecule has 0 aliphatic carbocycles. The first-order valence-electron chi connectivity index (χ1n) is 8.78. The second kappa shape index (κ2) is 9.38. The molecule has 0 unspecified atom stereocenters. The second-order valence-electron chi connectivity index (χ2n) is 6.36. The highest BCUT2D eigenvalue weighted by Gasteiger charge is 2.22. The van der Waals surface area contributed by atoms with Crippen molar-refractivity contribution in [1.82, 2.24) is 0 Å². The fourth-order valence-electron chi connectivity index (χ4n) is 2.68. The molecule has 6 nitrogen and oxygen atoms in total. The van der Waals surface area contributed by atoms with Gasteiger partial charge in [-0.15, -0.1) is 0 Å². The Labute approximate surface area is 185 Å². The molecule has 0 radical (unpaired) electrons. The number of hydrogen-bond acceptors (Lipinski definition) is 4. The third kappa shape index (κ3) is 5.89. The van der Waals surface area contributed by atoms with Crippen molar-refractivity contribution < 1.29 is 17.9 Å². The minimum Gasteiger partial charge on any atom is -0.455 e. The van der Waals surface area contributed by atoms with Crippen LogP contribution in [0.25, 0.3) is 0 Å². The Morgan fingerprint density at radius 3 is 2.20 bits per heavy atom. The van der Waals surface area contributed by atoms with Crippen LogP contribution in [-0.4, -0.2) is 27.1 Å². The lowest BCUT2D eigenvalue weighted by Crippen LogP contribution is -2.37. The fraction of sp³-hybridized carbons (Fsp3) is 0.0952. The van der Waals surface area contributed by atoms with Crippen LogP contribution in [-0.2, 0) is 14.8 Å². The Kier molecular flexibility index (Phi) is 6.87. The average molecular weight is 465 g/mol. The molecule has 1 N–H and O–H groups in total. The number of rotatable bonds is 7. The molecule has 0 spiro atoms. The Hall–Kier alpha value is -2.74. The summed E-state index contributed by atoms with van der Waals surface area (Å²) >= 11 is 12.0. The van der Waals surface area contributed by atoms with E-state index in [1.807, 2.05) is 18.2 Å². The van der Waals surface area contributed by atoms with Gasteiger partial charge in [-0.2, -0.15) is 0 Å². The van der Waals surface area contributed by atoms with Crippen LogP contribution in [0.4, 0.5) is 11.4 Å². The zero-order chi connectivity index (χ0) is 21.7.